The van der Waals surface area contributed by atoms with Crippen molar-refractivity contribution in [1.82, 2.24) is 4.98 Å². The van der Waals surface area contributed by atoms with Crippen LogP contribution in [0.1, 0.15) is 25.0 Å². The molecule has 4 heteroatoms. The fraction of sp³-hybridized carbons (Fsp3) is 0.286. The molecule has 0 amide bonds. The van der Waals surface area contributed by atoms with Gasteiger partial charge in [-0.15, -0.1) is 0 Å². The second kappa shape index (κ2) is 4.83. The summed E-state index contributed by atoms with van der Waals surface area (Å²) in [6.07, 6.45) is 0.110. The summed E-state index contributed by atoms with van der Waals surface area (Å²) in [5, 5.41) is 10.2. The number of pyridine rings is 1. The molecule has 2 rings (SSSR count). The molecule has 0 bridgehead atoms. The van der Waals surface area contributed by atoms with Crippen molar-refractivity contribution in [1.29, 1.82) is 5.26 Å². The molecule has 0 aliphatic heterocycles. The van der Waals surface area contributed by atoms with Crippen molar-refractivity contribution in [2.75, 3.05) is 0 Å². The second-order valence-corrected chi connectivity index (χ2v) is 4.72. The molecule has 0 aliphatic rings. The van der Waals surface area contributed by atoms with Crippen molar-refractivity contribution in [3.05, 3.63) is 34.5 Å². The molecule has 92 valence electrons. The van der Waals surface area contributed by atoms with Crippen molar-refractivity contribution in [3.8, 4) is 11.8 Å². The summed E-state index contributed by atoms with van der Waals surface area (Å²) in [5.41, 5.74) is 2.03. The minimum absolute atomic E-state index is 0.110. The summed E-state index contributed by atoms with van der Waals surface area (Å²) >= 11 is 5.97. The fourth-order valence-electron chi connectivity index (χ4n) is 1.84. The highest BCUT2D eigenvalue weighted by molar-refractivity contribution is 6.31. The lowest BCUT2D eigenvalue weighted by Crippen LogP contribution is -2.05. The summed E-state index contributed by atoms with van der Waals surface area (Å²) in [7, 11) is 0. The van der Waals surface area contributed by atoms with Gasteiger partial charge in [0.05, 0.1) is 17.2 Å². The van der Waals surface area contributed by atoms with E-state index >= 15 is 0 Å². The molecular formula is C14H13ClN2O. The maximum atomic E-state index is 9.07. The van der Waals surface area contributed by atoms with Crippen LogP contribution in [0.3, 0.4) is 0 Å². The molecule has 0 radical (unpaired) electrons. The average molecular weight is 261 g/mol. The van der Waals surface area contributed by atoms with Gasteiger partial charge in [-0.2, -0.15) is 5.26 Å². The van der Waals surface area contributed by atoms with Gasteiger partial charge in [-0.1, -0.05) is 11.6 Å². The first-order chi connectivity index (χ1) is 8.52. The first-order valence-electron chi connectivity index (χ1n) is 5.69. The molecule has 0 aliphatic carbocycles. The van der Waals surface area contributed by atoms with Gasteiger partial charge in [0, 0.05) is 5.39 Å². The topological polar surface area (TPSA) is 45.9 Å². The minimum Gasteiger partial charge on any atom is -0.491 e. The molecule has 1 aromatic carbocycles. The molecule has 18 heavy (non-hydrogen) atoms. The third kappa shape index (κ3) is 2.25. The summed E-state index contributed by atoms with van der Waals surface area (Å²) < 4.78 is 5.64. The quantitative estimate of drug-likeness (QED) is 0.771. The zero-order valence-corrected chi connectivity index (χ0v) is 11.2. The number of fused-ring (bicyclic) bond motifs is 1. The monoisotopic (exact) mass is 260 g/mol. The van der Waals surface area contributed by atoms with E-state index < -0.39 is 0 Å². The van der Waals surface area contributed by atoms with E-state index in [-0.39, 0.29) is 11.3 Å². The van der Waals surface area contributed by atoms with Gasteiger partial charge >= 0.3 is 0 Å². The molecule has 2 aromatic rings. The third-order valence-corrected chi connectivity index (χ3v) is 2.93. The van der Waals surface area contributed by atoms with Crippen molar-refractivity contribution in [2.24, 2.45) is 0 Å². The lowest BCUT2D eigenvalue weighted by Gasteiger charge is -2.11. The molecule has 1 heterocycles. The van der Waals surface area contributed by atoms with Gasteiger partial charge in [0.25, 0.3) is 0 Å². The van der Waals surface area contributed by atoms with E-state index in [2.05, 4.69) is 11.1 Å². The zero-order valence-electron chi connectivity index (χ0n) is 10.5. The Kier molecular flexibility index (Phi) is 3.40. The molecule has 3 nitrogen and oxygen atoms in total. The molecular weight excluding hydrogens is 248 g/mol. The SMILES string of the molecule is Cc1c(C#N)c(Cl)nc2ccc(OC(C)C)cc12. The molecule has 1 aromatic heterocycles. The lowest BCUT2D eigenvalue weighted by atomic mass is 10.1. The second-order valence-electron chi connectivity index (χ2n) is 4.36. The van der Waals surface area contributed by atoms with Crippen LogP contribution in [0.5, 0.6) is 5.75 Å². The Morgan fingerprint density at radius 1 is 1.39 bits per heavy atom. The van der Waals surface area contributed by atoms with Crippen molar-refractivity contribution >= 4 is 22.5 Å². The van der Waals surface area contributed by atoms with Gasteiger partial charge in [0.1, 0.15) is 17.0 Å². The normalized spacial score (nSPS) is 10.7. The van der Waals surface area contributed by atoms with E-state index in [4.69, 9.17) is 21.6 Å². The van der Waals surface area contributed by atoms with Gasteiger partial charge in [-0.25, -0.2) is 4.98 Å². The number of halogens is 1. The van der Waals surface area contributed by atoms with Crippen LogP contribution in [0.15, 0.2) is 18.2 Å². The smallest absolute Gasteiger partial charge is 0.147 e. The van der Waals surface area contributed by atoms with Crippen LogP contribution < -0.4 is 4.74 Å². The summed E-state index contributed by atoms with van der Waals surface area (Å²) in [6, 6.07) is 7.69. The first kappa shape index (κ1) is 12.7. The number of nitrogens with zero attached hydrogens (tertiary/aromatic N) is 2. The van der Waals surface area contributed by atoms with Crippen molar-refractivity contribution < 1.29 is 4.74 Å². The Bertz CT molecular complexity index is 644. The predicted molar refractivity (Wildman–Crippen MR) is 72.0 cm³/mol. The van der Waals surface area contributed by atoms with Crippen molar-refractivity contribution in [2.45, 2.75) is 26.9 Å². The van der Waals surface area contributed by atoms with Crippen LogP contribution in [-0.2, 0) is 0 Å². The van der Waals surface area contributed by atoms with E-state index in [1.807, 2.05) is 39.0 Å². The largest absolute Gasteiger partial charge is 0.491 e. The Morgan fingerprint density at radius 2 is 2.11 bits per heavy atom. The van der Waals surface area contributed by atoms with Gasteiger partial charge in [-0.3, -0.25) is 0 Å². The molecule has 0 N–H and O–H groups in total. The zero-order chi connectivity index (χ0) is 13.3. The van der Waals surface area contributed by atoms with E-state index in [0.717, 1.165) is 22.2 Å². The minimum atomic E-state index is 0.110. The van der Waals surface area contributed by atoms with Crippen LogP contribution in [-0.4, -0.2) is 11.1 Å². The Morgan fingerprint density at radius 3 is 2.72 bits per heavy atom. The van der Waals surface area contributed by atoms with E-state index in [1.54, 1.807) is 0 Å². The Hall–Kier alpha value is -1.79. The summed E-state index contributed by atoms with van der Waals surface area (Å²) in [6.45, 7) is 5.81. The fourth-order valence-corrected chi connectivity index (χ4v) is 2.11. The van der Waals surface area contributed by atoms with Gasteiger partial charge < -0.3 is 4.74 Å². The summed E-state index contributed by atoms with van der Waals surface area (Å²) in [5.74, 6) is 0.772. The molecule has 0 atom stereocenters. The van der Waals surface area contributed by atoms with Crippen LogP contribution in [0.2, 0.25) is 5.15 Å². The number of aromatic nitrogens is 1. The molecule has 0 unspecified atom stereocenters. The van der Waals surface area contributed by atoms with E-state index in [1.165, 1.54) is 0 Å². The highest BCUT2D eigenvalue weighted by atomic mass is 35.5. The first-order valence-corrected chi connectivity index (χ1v) is 6.07. The highest BCUT2D eigenvalue weighted by Gasteiger charge is 2.11. The predicted octanol–water partition coefficient (Wildman–Crippen LogP) is 3.86. The van der Waals surface area contributed by atoms with Crippen LogP contribution >= 0.6 is 11.6 Å². The van der Waals surface area contributed by atoms with Crippen LogP contribution in [0.4, 0.5) is 0 Å². The van der Waals surface area contributed by atoms with Gasteiger partial charge in [0.15, 0.2) is 0 Å². The number of hydrogen-bond donors (Lipinski definition) is 0. The molecule has 0 spiro atoms. The Balaban J connectivity index is 2.65. The number of ether oxygens (including phenoxy) is 1. The number of benzene rings is 1. The maximum Gasteiger partial charge on any atom is 0.147 e. The van der Waals surface area contributed by atoms with Gasteiger partial charge in [-0.05, 0) is 44.5 Å². The number of nitriles is 1. The Labute approximate surface area is 111 Å². The average Bonchev–Trinajstić information content (AvgIpc) is 2.30. The molecule has 0 saturated carbocycles. The third-order valence-electron chi connectivity index (χ3n) is 2.66. The van der Waals surface area contributed by atoms with Crippen LogP contribution in [0.25, 0.3) is 10.9 Å². The van der Waals surface area contributed by atoms with E-state index in [9.17, 15) is 0 Å². The van der Waals surface area contributed by atoms with Crippen LogP contribution in [0, 0.1) is 18.3 Å². The highest BCUT2D eigenvalue weighted by Crippen LogP contribution is 2.28. The number of hydrogen-bond acceptors (Lipinski definition) is 3. The molecule has 0 fully saturated rings. The standard InChI is InChI=1S/C14H13ClN2O/c1-8(2)18-10-4-5-13-11(6-10)9(3)12(7-16)14(15)17-13/h4-6,8H,1-3H3. The number of rotatable bonds is 2. The molecule has 0 saturated heterocycles. The lowest BCUT2D eigenvalue weighted by molar-refractivity contribution is 0.243. The van der Waals surface area contributed by atoms with Gasteiger partial charge in [0.2, 0.25) is 0 Å². The van der Waals surface area contributed by atoms with E-state index in [0.29, 0.717) is 5.56 Å². The van der Waals surface area contributed by atoms with Crippen molar-refractivity contribution in [3.63, 3.8) is 0 Å². The summed E-state index contributed by atoms with van der Waals surface area (Å²) in [4.78, 5) is 4.21. The number of aryl methyl sites for hydroxylation is 1. The maximum absolute atomic E-state index is 9.07.